The molecule has 0 radical (unpaired) electrons. The Morgan fingerprint density at radius 2 is 2.14 bits per heavy atom. The summed E-state index contributed by atoms with van der Waals surface area (Å²) in [6, 6.07) is 5.42. The monoisotopic (exact) mass is 368 g/mol. The molecule has 3 aromatic rings. The van der Waals surface area contributed by atoms with Crippen molar-refractivity contribution in [1.29, 1.82) is 0 Å². The second-order valence-electron chi connectivity index (χ2n) is 5.19. The maximum atomic E-state index is 12.4. The molecule has 0 atom stereocenters. The van der Waals surface area contributed by atoms with Crippen molar-refractivity contribution in [3.63, 3.8) is 0 Å². The van der Waals surface area contributed by atoms with Gasteiger partial charge in [-0.3, -0.25) is 10.1 Å². The second kappa shape index (κ2) is 5.49. The van der Waals surface area contributed by atoms with E-state index < -0.39 is 0 Å². The van der Waals surface area contributed by atoms with E-state index in [0.29, 0.717) is 26.0 Å². The predicted molar refractivity (Wildman–Crippen MR) is 93.9 cm³/mol. The second-order valence-corrected chi connectivity index (χ2v) is 7.92. The zero-order chi connectivity index (χ0) is 15.3. The van der Waals surface area contributed by atoms with E-state index in [2.05, 4.69) is 10.3 Å². The van der Waals surface area contributed by atoms with E-state index in [-0.39, 0.29) is 5.91 Å². The first kappa shape index (κ1) is 14.5. The molecule has 2 aromatic heterocycles. The molecule has 1 N–H and O–H groups in total. The number of anilines is 1. The van der Waals surface area contributed by atoms with Crippen molar-refractivity contribution in [1.82, 2.24) is 4.98 Å². The van der Waals surface area contributed by atoms with Gasteiger partial charge >= 0.3 is 0 Å². The fourth-order valence-electron chi connectivity index (χ4n) is 2.25. The number of nitrogens with zero attached hydrogens (tertiary/aromatic N) is 1. The Balaban J connectivity index is 1.62. The highest BCUT2D eigenvalue weighted by Gasteiger charge is 2.26. The molecule has 1 aromatic carbocycles. The van der Waals surface area contributed by atoms with E-state index in [1.165, 1.54) is 35.5 Å². The SMILES string of the molecule is O=C(Nc1nc(C2CC2)cs1)c1sc2cc(Cl)ccc2c1Cl. The number of hydrogen-bond donors (Lipinski definition) is 1. The summed E-state index contributed by atoms with van der Waals surface area (Å²) in [5.41, 5.74) is 1.08. The van der Waals surface area contributed by atoms with Gasteiger partial charge in [0, 0.05) is 26.4 Å². The number of thiophene rings is 1. The highest BCUT2D eigenvalue weighted by molar-refractivity contribution is 7.22. The summed E-state index contributed by atoms with van der Waals surface area (Å²) in [6.45, 7) is 0. The van der Waals surface area contributed by atoms with Crippen LogP contribution in [0.1, 0.15) is 34.1 Å². The highest BCUT2D eigenvalue weighted by atomic mass is 35.5. The van der Waals surface area contributed by atoms with Gasteiger partial charge in [0.1, 0.15) is 4.88 Å². The minimum atomic E-state index is -0.223. The van der Waals surface area contributed by atoms with Crippen LogP contribution in [-0.2, 0) is 0 Å². The van der Waals surface area contributed by atoms with Crippen LogP contribution in [0.2, 0.25) is 10.0 Å². The first-order valence-corrected chi connectivity index (χ1v) is 9.21. The van der Waals surface area contributed by atoms with E-state index in [1.807, 2.05) is 17.5 Å². The molecule has 7 heteroatoms. The Morgan fingerprint density at radius 3 is 2.91 bits per heavy atom. The van der Waals surface area contributed by atoms with Gasteiger partial charge in [-0.15, -0.1) is 22.7 Å². The lowest BCUT2D eigenvalue weighted by atomic mass is 10.2. The number of hydrogen-bond acceptors (Lipinski definition) is 4. The number of carbonyl (C=O) groups is 1. The van der Waals surface area contributed by atoms with Crippen LogP contribution < -0.4 is 5.32 Å². The molecule has 3 nitrogen and oxygen atoms in total. The van der Waals surface area contributed by atoms with Gasteiger partial charge in [0.15, 0.2) is 5.13 Å². The fraction of sp³-hybridized carbons (Fsp3) is 0.200. The van der Waals surface area contributed by atoms with Crippen LogP contribution in [0.15, 0.2) is 23.6 Å². The van der Waals surface area contributed by atoms with E-state index in [1.54, 1.807) is 6.07 Å². The van der Waals surface area contributed by atoms with Crippen LogP contribution in [0.25, 0.3) is 10.1 Å². The summed E-state index contributed by atoms with van der Waals surface area (Å²) in [4.78, 5) is 17.4. The van der Waals surface area contributed by atoms with Gasteiger partial charge in [-0.1, -0.05) is 29.3 Å². The molecule has 1 fully saturated rings. The summed E-state index contributed by atoms with van der Waals surface area (Å²) in [5, 5.41) is 7.42. The summed E-state index contributed by atoms with van der Waals surface area (Å²) in [5.74, 6) is 0.357. The third-order valence-electron chi connectivity index (χ3n) is 3.54. The number of carbonyl (C=O) groups excluding carboxylic acids is 1. The van der Waals surface area contributed by atoms with Gasteiger partial charge in [0.2, 0.25) is 0 Å². The molecule has 1 saturated carbocycles. The normalized spacial score (nSPS) is 14.5. The standard InChI is InChI=1S/C15H10Cl2N2OS2/c16-8-3-4-9-11(5-8)22-13(12(9)17)14(20)19-15-18-10(6-21-15)7-1-2-7/h3-7H,1-2H2,(H,18,19,20). The molecule has 0 saturated heterocycles. The number of thiazole rings is 1. The van der Waals surface area contributed by atoms with Gasteiger partial charge in [0.25, 0.3) is 5.91 Å². The number of nitrogens with one attached hydrogen (secondary N) is 1. The maximum Gasteiger partial charge on any atom is 0.269 e. The van der Waals surface area contributed by atoms with Crippen molar-refractivity contribution >= 4 is 67.0 Å². The lowest BCUT2D eigenvalue weighted by molar-refractivity contribution is 0.103. The van der Waals surface area contributed by atoms with Crippen molar-refractivity contribution in [3.05, 3.63) is 44.2 Å². The van der Waals surface area contributed by atoms with E-state index in [0.717, 1.165) is 15.8 Å². The number of benzene rings is 1. The van der Waals surface area contributed by atoms with Crippen LogP contribution in [0.3, 0.4) is 0 Å². The molecular weight excluding hydrogens is 359 g/mol. The molecule has 0 aliphatic heterocycles. The molecule has 1 aliphatic carbocycles. The van der Waals surface area contributed by atoms with Crippen molar-refractivity contribution < 1.29 is 4.79 Å². The molecule has 22 heavy (non-hydrogen) atoms. The molecule has 0 bridgehead atoms. The first-order valence-electron chi connectivity index (χ1n) is 6.76. The predicted octanol–water partition coefficient (Wildman–Crippen LogP) is 5.79. The summed E-state index contributed by atoms with van der Waals surface area (Å²) >= 11 is 15.1. The van der Waals surface area contributed by atoms with Gasteiger partial charge in [-0.05, 0) is 25.0 Å². The van der Waals surface area contributed by atoms with Crippen LogP contribution >= 0.6 is 45.9 Å². The number of amides is 1. The average Bonchev–Trinajstić information content (AvgIpc) is 3.16. The lowest BCUT2D eigenvalue weighted by Gasteiger charge is -1.99. The van der Waals surface area contributed by atoms with Gasteiger partial charge in [-0.2, -0.15) is 0 Å². The number of halogens is 2. The van der Waals surface area contributed by atoms with Crippen LogP contribution in [0, 0.1) is 0 Å². The molecule has 0 spiro atoms. The lowest BCUT2D eigenvalue weighted by Crippen LogP contribution is -2.10. The number of aromatic nitrogens is 1. The Labute approximate surface area is 144 Å². The Kier molecular flexibility index (Phi) is 3.61. The Morgan fingerprint density at radius 1 is 1.32 bits per heavy atom. The summed E-state index contributed by atoms with van der Waals surface area (Å²) in [6.07, 6.45) is 2.39. The van der Waals surface area contributed by atoms with Gasteiger partial charge in [-0.25, -0.2) is 4.98 Å². The van der Waals surface area contributed by atoms with E-state index >= 15 is 0 Å². The minimum Gasteiger partial charge on any atom is -0.297 e. The molecular formula is C15H10Cl2N2OS2. The van der Waals surface area contributed by atoms with Crippen molar-refractivity contribution in [2.45, 2.75) is 18.8 Å². The largest absolute Gasteiger partial charge is 0.297 e. The first-order chi connectivity index (χ1) is 10.6. The van der Waals surface area contributed by atoms with Crippen LogP contribution in [0.4, 0.5) is 5.13 Å². The maximum absolute atomic E-state index is 12.4. The smallest absolute Gasteiger partial charge is 0.269 e. The fourth-order valence-corrected chi connectivity index (χ4v) is 4.72. The van der Waals surface area contributed by atoms with E-state index in [9.17, 15) is 4.79 Å². The van der Waals surface area contributed by atoms with E-state index in [4.69, 9.17) is 23.2 Å². The topological polar surface area (TPSA) is 42.0 Å². The molecule has 1 amide bonds. The molecule has 112 valence electrons. The third-order valence-corrected chi connectivity index (χ3v) is 6.20. The highest BCUT2D eigenvalue weighted by Crippen LogP contribution is 2.41. The van der Waals surface area contributed by atoms with Crippen molar-refractivity contribution in [3.8, 4) is 0 Å². The average molecular weight is 369 g/mol. The van der Waals surface area contributed by atoms with Crippen LogP contribution in [0.5, 0.6) is 0 Å². The zero-order valence-electron chi connectivity index (χ0n) is 11.2. The Hall–Kier alpha value is -1.14. The minimum absolute atomic E-state index is 0.223. The molecule has 1 aliphatic rings. The summed E-state index contributed by atoms with van der Waals surface area (Å²) < 4.78 is 0.903. The van der Waals surface area contributed by atoms with Crippen molar-refractivity contribution in [2.75, 3.05) is 5.32 Å². The van der Waals surface area contributed by atoms with Gasteiger partial charge < -0.3 is 0 Å². The Bertz CT molecular complexity index is 883. The quantitative estimate of drug-likeness (QED) is 0.634. The molecule has 0 unspecified atom stereocenters. The van der Waals surface area contributed by atoms with Crippen molar-refractivity contribution in [2.24, 2.45) is 0 Å². The molecule has 4 rings (SSSR count). The zero-order valence-corrected chi connectivity index (χ0v) is 14.4. The summed E-state index contributed by atoms with van der Waals surface area (Å²) in [7, 11) is 0. The van der Waals surface area contributed by atoms with Gasteiger partial charge in [0.05, 0.1) is 10.7 Å². The number of fused-ring (bicyclic) bond motifs is 1. The molecule has 2 heterocycles. The van der Waals surface area contributed by atoms with Crippen LogP contribution in [-0.4, -0.2) is 10.9 Å². The third kappa shape index (κ3) is 2.63. The number of rotatable bonds is 3.